The molecule has 1 unspecified atom stereocenters. The van der Waals surface area contributed by atoms with Crippen molar-refractivity contribution < 1.29 is 32.2 Å². The molecule has 34 heavy (non-hydrogen) atoms. The Morgan fingerprint density at radius 3 is 2.15 bits per heavy atom. The topological polar surface area (TPSA) is 97.7 Å². The number of aliphatic carboxylic acids is 1. The lowest BCUT2D eigenvalue weighted by Crippen LogP contribution is -2.48. The largest absolute Gasteiger partial charge is 0.493 e. The highest BCUT2D eigenvalue weighted by Crippen LogP contribution is 2.60. The third-order valence-corrected chi connectivity index (χ3v) is 10.8. The molecule has 6 aliphatic rings. The van der Waals surface area contributed by atoms with Crippen molar-refractivity contribution in [1.29, 1.82) is 0 Å². The van der Waals surface area contributed by atoms with E-state index in [1.54, 1.807) is 0 Å². The van der Waals surface area contributed by atoms with Gasteiger partial charge in [0, 0.05) is 11.5 Å². The van der Waals surface area contributed by atoms with Crippen molar-refractivity contribution in [3.05, 3.63) is 29.1 Å². The number of ketones is 1. The average molecular weight is 491 g/mol. The number of carboxylic acids is 1. The summed E-state index contributed by atoms with van der Waals surface area (Å²) in [6.45, 7) is 0.574. The SMILES string of the molecule is O=C(c1cc(C2CC2)c(OCC23CC4CC(CC(C4)C2)C3)cc1F)C1CS(=O)(=O)C[C@H]1C(=O)O. The van der Waals surface area contributed by atoms with Crippen LogP contribution in [0.3, 0.4) is 0 Å². The molecule has 0 radical (unpaired) electrons. The smallest absolute Gasteiger partial charge is 0.308 e. The second-order valence-electron chi connectivity index (χ2n) is 11.8. The number of carbonyl (C=O) groups excluding carboxylic acids is 1. The summed E-state index contributed by atoms with van der Waals surface area (Å²) in [6, 6.07) is 2.79. The van der Waals surface area contributed by atoms with Gasteiger partial charge in [-0.3, -0.25) is 9.59 Å². The van der Waals surface area contributed by atoms with Gasteiger partial charge in [-0.05, 0) is 86.7 Å². The number of Topliss-reactive ketones (excluding diaryl/α,β-unsaturated/α-hetero) is 1. The third-order valence-electron chi connectivity index (χ3n) is 9.09. The summed E-state index contributed by atoms with van der Waals surface area (Å²) in [5, 5.41) is 9.43. The van der Waals surface area contributed by atoms with E-state index < -0.39 is 50.7 Å². The van der Waals surface area contributed by atoms with Crippen LogP contribution >= 0.6 is 0 Å². The Balaban J connectivity index is 1.26. The van der Waals surface area contributed by atoms with Gasteiger partial charge in [0.15, 0.2) is 15.6 Å². The Morgan fingerprint density at radius 2 is 1.59 bits per heavy atom. The number of halogens is 1. The Labute approximate surface area is 199 Å². The van der Waals surface area contributed by atoms with E-state index in [0.717, 1.165) is 36.2 Å². The molecule has 8 heteroatoms. The van der Waals surface area contributed by atoms with Gasteiger partial charge in [0.2, 0.25) is 0 Å². The lowest BCUT2D eigenvalue weighted by Gasteiger charge is -2.56. The molecule has 7 rings (SSSR count). The van der Waals surface area contributed by atoms with Gasteiger partial charge in [-0.25, -0.2) is 12.8 Å². The maximum absolute atomic E-state index is 15.2. The van der Waals surface area contributed by atoms with E-state index in [2.05, 4.69) is 0 Å². The number of carboxylic acid groups (broad SMARTS) is 1. The first kappa shape index (κ1) is 22.5. The van der Waals surface area contributed by atoms with E-state index in [0.29, 0.717) is 12.4 Å². The molecule has 2 atom stereocenters. The maximum Gasteiger partial charge on any atom is 0.308 e. The summed E-state index contributed by atoms with van der Waals surface area (Å²) in [5.74, 6) is -3.51. The third kappa shape index (κ3) is 3.95. The Morgan fingerprint density at radius 1 is 1.00 bits per heavy atom. The predicted octanol–water partition coefficient (Wildman–Crippen LogP) is 4.23. The van der Waals surface area contributed by atoms with Crippen molar-refractivity contribution in [3.63, 3.8) is 0 Å². The van der Waals surface area contributed by atoms with Gasteiger partial charge in [0.1, 0.15) is 11.6 Å². The summed E-state index contributed by atoms with van der Waals surface area (Å²) < 4.78 is 45.6. The summed E-state index contributed by atoms with van der Waals surface area (Å²) in [6.07, 6.45) is 9.44. The molecule has 5 saturated carbocycles. The minimum absolute atomic E-state index is 0.174. The van der Waals surface area contributed by atoms with Gasteiger partial charge in [0.25, 0.3) is 0 Å². The highest BCUT2D eigenvalue weighted by Gasteiger charge is 2.51. The number of ether oxygens (including phenoxy) is 1. The lowest BCUT2D eigenvalue weighted by molar-refractivity contribution is -0.141. The second-order valence-corrected chi connectivity index (χ2v) is 14.0. The Kier molecular flexibility index (Phi) is 5.14. The monoisotopic (exact) mass is 490 g/mol. The number of rotatable bonds is 7. The molecule has 6 fully saturated rings. The van der Waals surface area contributed by atoms with Gasteiger partial charge in [-0.2, -0.15) is 0 Å². The first-order valence-corrected chi connectivity index (χ1v) is 14.4. The van der Waals surface area contributed by atoms with Crippen molar-refractivity contribution in [2.45, 2.75) is 57.3 Å². The number of carbonyl (C=O) groups is 2. The second kappa shape index (κ2) is 7.77. The molecule has 5 aliphatic carbocycles. The van der Waals surface area contributed by atoms with Gasteiger partial charge in [-0.1, -0.05) is 0 Å². The predicted molar refractivity (Wildman–Crippen MR) is 122 cm³/mol. The standard InChI is InChI=1S/C26H31FO6S/c27-22-7-23(33-13-26-8-14-3-15(9-26)5-16(4-14)10-26)18(17-1-2-17)6-19(22)24(28)20-11-34(31,32)12-21(20)25(29)30/h6-7,14-17,20-21H,1-5,8-13H2,(H,29,30)/t14?,15?,16?,20?,21-,26?/m1/s1. The molecular formula is C26H31FO6S. The molecule has 0 aromatic heterocycles. The van der Waals surface area contributed by atoms with E-state index in [-0.39, 0.29) is 16.9 Å². The summed E-state index contributed by atoms with van der Waals surface area (Å²) in [7, 11) is -3.66. The van der Waals surface area contributed by atoms with E-state index in [9.17, 15) is 23.1 Å². The van der Waals surface area contributed by atoms with Crippen molar-refractivity contribution >= 4 is 21.6 Å². The van der Waals surface area contributed by atoms with Crippen LogP contribution in [-0.4, -0.2) is 43.4 Å². The van der Waals surface area contributed by atoms with E-state index in [1.807, 2.05) is 0 Å². The average Bonchev–Trinajstić information content (AvgIpc) is 3.53. The first-order valence-electron chi connectivity index (χ1n) is 12.5. The Bertz CT molecular complexity index is 1120. The fourth-order valence-electron chi connectivity index (χ4n) is 7.85. The fraction of sp³-hybridized carbons (Fsp3) is 0.692. The maximum atomic E-state index is 15.2. The molecule has 1 aromatic carbocycles. The van der Waals surface area contributed by atoms with Crippen LogP contribution in [-0.2, 0) is 14.6 Å². The number of benzene rings is 1. The van der Waals surface area contributed by atoms with Crippen LogP contribution in [0.25, 0.3) is 0 Å². The molecule has 1 aromatic rings. The van der Waals surface area contributed by atoms with E-state index in [1.165, 1.54) is 50.7 Å². The summed E-state index contributed by atoms with van der Waals surface area (Å²) in [5.41, 5.74) is 0.757. The zero-order chi connectivity index (χ0) is 23.8. The molecule has 184 valence electrons. The molecule has 0 spiro atoms. The summed E-state index contributed by atoms with van der Waals surface area (Å²) >= 11 is 0. The van der Waals surface area contributed by atoms with Crippen molar-refractivity contribution in [1.82, 2.24) is 0 Å². The van der Waals surface area contributed by atoms with Crippen LogP contribution in [0.5, 0.6) is 5.75 Å². The van der Waals surface area contributed by atoms with Crippen molar-refractivity contribution in [2.24, 2.45) is 35.0 Å². The molecular weight excluding hydrogens is 459 g/mol. The number of hydrogen-bond acceptors (Lipinski definition) is 5. The highest BCUT2D eigenvalue weighted by atomic mass is 32.2. The van der Waals surface area contributed by atoms with Crippen LogP contribution in [0.1, 0.15) is 73.2 Å². The zero-order valence-corrected chi connectivity index (χ0v) is 20.0. The fourth-order valence-corrected chi connectivity index (χ4v) is 9.83. The van der Waals surface area contributed by atoms with Crippen LogP contribution in [0.2, 0.25) is 0 Å². The Hall–Kier alpha value is -1.96. The molecule has 1 aliphatic heterocycles. The first-order chi connectivity index (χ1) is 16.1. The van der Waals surface area contributed by atoms with Gasteiger partial charge in [-0.15, -0.1) is 0 Å². The quantitative estimate of drug-likeness (QED) is 0.575. The van der Waals surface area contributed by atoms with Crippen LogP contribution in [0.15, 0.2) is 12.1 Å². The van der Waals surface area contributed by atoms with Crippen molar-refractivity contribution in [2.75, 3.05) is 18.1 Å². The van der Waals surface area contributed by atoms with Crippen molar-refractivity contribution in [3.8, 4) is 5.75 Å². The summed E-state index contributed by atoms with van der Waals surface area (Å²) in [4.78, 5) is 24.7. The minimum Gasteiger partial charge on any atom is -0.493 e. The van der Waals surface area contributed by atoms with Gasteiger partial charge >= 0.3 is 5.97 Å². The molecule has 4 bridgehead atoms. The lowest BCUT2D eigenvalue weighted by atomic mass is 9.50. The molecule has 0 amide bonds. The molecule has 1 N–H and O–H groups in total. The number of sulfone groups is 1. The minimum atomic E-state index is -3.66. The molecule has 1 saturated heterocycles. The highest BCUT2D eigenvalue weighted by molar-refractivity contribution is 7.91. The van der Waals surface area contributed by atoms with E-state index >= 15 is 4.39 Å². The van der Waals surface area contributed by atoms with Gasteiger partial charge in [0.05, 0.1) is 35.5 Å². The van der Waals surface area contributed by atoms with Crippen LogP contribution in [0.4, 0.5) is 4.39 Å². The van der Waals surface area contributed by atoms with Crippen LogP contribution < -0.4 is 4.74 Å². The molecule has 1 heterocycles. The van der Waals surface area contributed by atoms with E-state index in [4.69, 9.17) is 4.74 Å². The van der Waals surface area contributed by atoms with Crippen LogP contribution in [0, 0.1) is 40.8 Å². The zero-order valence-electron chi connectivity index (χ0n) is 19.2. The molecule has 6 nitrogen and oxygen atoms in total. The number of hydrogen-bond donors (Lipinski definition) is 1. The normalized spacial score (nSPS) is 37.6. The van der Waals surface area contributed by atoms with Gasteiger partial charge < -0.3 is 9.84 Å².